The highest BCUT2D eigenvalue weighted by atomic mass is 32.2. The molecule has 0 aliphatic carbocycles. The first kappa shape index (κ1) is 10.5. The molecule has 1 heterocycles. The molecule has 0 radical (unpaired) electrons. The van der Waals surface area contributed by atoms with Crippen LogP contribution >= 0.6 is 0 Å². The zero-order valence-corrected chi connectivity index (χ0v) is 7.88. The minimum atomic E-state index is -3.21. The molecule has 2 N–H and O–H groups in total. The maximum Gasteiger partial charge on any atom is 0.310 e. The molecule has 1 saturated heterocycles. The summed E-state index contributed by atoms with van der Waals surface area (Å²) in [5, 5.41) is 17.5. The van der Waals surface area contributed by atoms with Gasteiger partial charge in [0.1, 0.15) is 0 Å². The molecule has 1 fully saturated rings. The van der Waals surface area contributed by atoms with E-state index in [2.05, 4.69) is 0 Å². The van der Waals surface area contributed by atoms with Gasteiger partial charge in [-0.3, -0.25) is 4.79 Å². The molecule has 0 aromatic heterocycles. The topological polar surface area (TPSA) is 91.7 Å². The minimum absolute atomic E-state index is 0.0154. The van der Waals surface area contributed by atoms with Gasteiger partial charge in [0.15, 0.2) is 9.84 Å². The smallest absolute Gasteiger partial charge is 0.310 e. The maximum absolute atomic E-state index is 11.1. The summed E-state index contributed by atoms with van der Waals surface area (Å²) in [6.07, 6.45) is 0.132. The summed E-state index contributed by atoms with van der Waals surface area (Å²) in [6, 6.07) is 0. The lowest BCUT2D eigenvalue weighted by atomic mass is 9.84. The predicted octanol–water partition coefficient (Wildman–Crippen LogP) is -0.742. The number of aliphatic hydroxyl groups is 1. The van der Waals surface area contributed by atoms with Gasteiger partial charge in [-0.2, -0.15) is 0 Å². The Balaban J connectivity index is 2.90. The van der Waals surface area contributed by atoms with E-state index in [1.54, 1.807) is 0 Å². The molecule has 13 heavy (non-hydrogen) atoms. The number of aliphatic carboxylic acids is 1. The lowest BCUT2D eigenvalue weighted by Gasteiger charge is -2.20. The van der Waals surface area contributed by atoms with Crippen molar-refractivity contribution in [2.45, 2.75) is 12.8 Å². The number of hydrogen-bond donors (Lipinski definition) is 2. The van der Waals surface area contributed by atoms with Crippen LogP contribution in [-0.2, 0) is 14.6 Å². The van der Waals surface area contributed by atoms with Gasteiger partial charge in [-0.25, -0.2) is 8.42 Å². The Labute approximate surface area is 76.3 Å². The zero-order chi connectivity index (χ0) is 10.1. The molecular weight excluding hydrogens is 196 g/mol. The van der Waals surface area contributed by atoms with Crippen molar-refractivity contribution in [1.29, 1.82) is 0 Å². The van der Waals surface area contributed by atoms with Gasteiger partial charge in [0, 0.05) is 6.61 Å². The molecule has 0 spiro atoms. The van der Waals surface area contributed by atoms with Gasteiger partial charge in [0.2, 0.25) is 0 Å². The third-order valence-electron chi connectivity index (χ3n) is 2.43. The van der Waals surface area contributed by atoms with Crippen molar-refractivity contribution >= 4 is 15.8 Å². The maximum atomic E-state index is 11.1. The molecule has 1 rings (SSSR count). The highest BCUT2D eigenvalue weighted by Crippen LogP contribution is 2.35. The van der Waals surface area contributed by atoms with Crippen molar-refractivity contribution in [2.24, 2.45) is 5.41 Å². The van der Waals surface area contributed by atoms with Crippen molar-refractivity contribution in [1.82, 2.24) is 0 Å². The number of hydrogen-bond acceptors (Lipinski definition) is 4. The highest BCUT2D eigenvalue weighted by molar-refractivity contribution is 7.91. The van der Waals surface area contributed by atoms with Crippen molar-refractivity contribution in [3.63, 3.8) is 0 Å². The predicted molar refractivity (Wildman–Crippen MR) is 45.0 cm³/mol. The van der Waals surface area contributed by atoms with Gasteiger partial charge in [0.25, 0.3) is 0 Å². The summed E-state index contributed by atoms with van der Waals surface area (Å²) in [7, 11) is -3.21. The highest BCUT2D eigenvalue weighted by Gasteiger charge is 2.47. The third-order valence-corrected chi connectivity index (χ3v) is 4.25. The number of rotatable bonds is 3. The fourth-order valence-electron chi connectivity index (χ4n) is 1.60. The SMILES string of the molecule is O=C(O)C1(CCO)CCS(=O)(=O)C1. The summed E-state index contributed by atoms with van der Waals surface area (Å²) >= 11 is 0. The normalized spacial score (nSPS) is 31.8. The molecule has 1 aliphatic rings. The first-order valence-electron chi connectivity index (χ1n) is 3.97. The Morgan fingerprint density at radius 1 is 1.46 bits per heavy atom. The fourth-order valence-corrected chi connectivity index (χ4v) is 3.70. The Morgan fingerprint density at radius 2 is 2.08 bits per heavy atom. The van der Waals surface area contributed by atoms with Crippen molar-refractivity contribution in [3.8, 4) is 0 Å². The van der Waals surface area contributed by atoms with Crippen LogP contribution in [0.1, 0.15) is 12.8 Å². The second-order valence-electron chi connectivity index (χ2n) is 3.40. The minimum Gasteiger partial charge on any atom is -0.481 e. The van der Waals surface area contributed by atoms with E-state index in [1.807, 2.05) is 0 Å². The Morgan fingerprint density at radius 3 is 2.38 bits per heavy atom. The molecule has 0 amide bonds. The van der Waals surface area contributed by atoms with E-state index >= 15 is 0 Å². The molecule has 0 bridgehead atoms. The Hall–Kier alpha value is -0.620. The molecule has 0 saturated carbocycles. The standard InChI is InChI=1S/C7H12O5S/c8-3-1-7(6(9)10)2-4-13(11,12)5-7/h8H,1-5H2,(H,9,10). The quantitative estimate of drug-likeness (QED) is 0.637. The van der Waals surface area contributed by atoms with E-state index in [4.69, 9.17) is 10.2 Å². The van der Waals surface area contributed by atoms with Crippen LogP contribution in [0.4, 0.5) is 0 Å². The molecule has 1 aliphatic heterocycles. The number of carbonyl (C=O) groups is 1. The largest absolute Gasteiger partial charge is 0.481 e. The van der Waals surface area contributed by atoms with Gasteiger partial charge >= 0.3 is 5.97 Å². The Kier molecular flexibility index (Phi) is 2.63. The second kappa shape index (κ2) is 3.26. The number of sulfone groups is 1. The van der Waals surface area contributed by atoms with Crippen LogP contribution in [0.3, 0.4) is 0 Å². The van der Waals surface area contributed by atoms with Gasteiger partial charge in [-0.1, -0.05) is 0 Å². The van der Waals surface area contributed by atoms with E-state index in [0.29, 0.717) is 0 Å². The zero-order valence-electron chi connectivity index (χ0n) is 7.06. The summed E-state index contributed by atoms with van der Waals surface area (Å²) in [5.41, 5.74) is -1.24. The number of carboxylic acid groups (broad SMARTS) is 1. The van der Waals surface area contributed by atoms with E-state index in [9.17, 15) is 13.2 Å². The summed E-state index contributed by atoms with van der Waals surface area (Å²) in [6.45, 7) is -0.290. The molecule has 6 heteroatoms. The van der Waals surface area contributed by atoms with E-state index in [1.165, 1.54) is 0 Å². The number of carboxylic acids is 1. The van der Waals surface area contributed by atoms with Gasteiger partial charge in [0.05, 0.1) is 16.9 Å². The van der Waals surface area contributed by atoms with Crippen LogP contribution in [0.25, 0.3) is 0 Å². The van der Waals surface area contributed by atoms with Crippen LogP contribution in [0.15, 0.2) is 0 Å². The van der Waals surface area contributed by atoms with Gasteiger partial charge < -0.3 is 10.2 Å². The third kappa shape index (κ3) is 2.00. The van der Waals surface area contributed by atoms with Crippen LogP contribution in [-0.4, -0.2) is 42.7 Å². The lowest BCUT2D eigenvalue weighted by Crippen LogP contribution is -2.33. The van der Waals surface area contributed by atoms with E-state index in [-0.39, 0.29) is 31.0 Å². The summed E-state index contributed by atoms with van der Waals surface area (Å²) in [5.74, 6) is -1.54. The van der Waals surface area contributed by atoms with Gasteiger partial charge in [-0.05, 0) is 12.8 Å². The Bertz CT molecular complexity index is 307. The summed E-state index contributed by atoms with van der Waals surface area (Å²) in [4.78, 5) is 10.8. The first-order valence-corrected chi connectivity index (χ1v) is 5.79. The molecule has 1 unspecified atom stereocenters. The molecule has 1 atom stereocenters. The van der Waals surface area contributed by atoms with E-state index < -0.39 is 21.2 Å². The van der Waals surface area contributed by atoms with Crippen molar-refractivity contribution in [2.75, 3.05) is 18.1 Å². The average Bonchev–Trinajstić information content (AvgIpc) is 2.28. The van der Waals surface area contributed by atoms with Crippen LogP contribution in [0, 0.1) is 5.41 Å². The molecule has 0 aromatic rings. The average molecular weight is 208 g/mol. The fraction of sp³-hybridized carbons (Fsp3) is 0.857. The lowest BCUT2D eigenvalue weighted by molar-refractivity contribution is -0.148. The first-order chi connectivity index (χ1) is 5.92. The van der Waals surface area contributed by atoms with Crippen molar-refractivity contribution < 1.29 is 23.4 Å². The van der Waals surface area contributed by atoms with E-state index in [0.717, 1.165) is 0 Å². The molecule has 5 nitrogen and oxygen atoms in total. The molecule has 76 valence electrons. The summed E-state index contributed by atoms with van der Waals surface area (Å²) < 4.78 is 22.2. The van der Waals surface area contributed by atoms with Crippen LogP contribution in [0.5, 0.6) is 0 Å². The monoisotopic (exact) mass is 208 g/mol. The number of aliphatic hydroxyl groups excluding tert-OH is 1. The van der Waals surface area contributed by atoms with Crippen LogP contribution < -0.4 is 0 Å². The van der Waals surface area contributed by atoms with Crippen molar-refractivity contribution in [3.05, 3.63) is 0 Å². The molecule has 0 aromatic carbocycles. The molecular formula is C7H12O5S. The van der Waals surface area contributed by atoms with Crippen LogP contribution in [0.2, 0.25) is 0 Å². The van der Waals surface area contributed by atoms with Gasteiger partial charge in [-0.15, -0.1) is 0 Å². The second-order valence-corrected chi connectivity index (χ2v) is 5.59.